The van der Waals surface area contributed by atoms with Crippen LogP contribution in [0, 0.1) is 6.92 Å². The van der Waals surface area contributed by atoms with Crippen LogP contribution in [0.15, 0.2) is 29.3 Å². The Labute approximate surface area is 123 Å². The summed E-state index contributed by atoms with van der Waals surface area (Å²) in [6.45, 7) is 1.52. The fourth-order valence-electron chi connectivity index (χ4n) is 1.93. The monoisotopic (exact) mass is 311 g/mol. The van der Waals surface area contributed by atoms with Crippen LogP contribution in [0.3, 0.4) is 0 Å². The lowest BCUT2D eigenvalue weighted by atomic mass is 10.2. The van der Waals surface area contributed by atoms with E-state index in [9.17, 15) is 8.42 Å². The van der Waals surface area contributed by atoms with Crippen LogP contribution in [-0.2, 0) is 23.7 Å². The van der Waals surface area contributed by atoms with Crippen molar-refractivity contribution in [3.05, 3.63) is 35.7 Å². The van der Waals surface area contributed by atoms with E-state index in [2.05, 4.69) is 9.82 Å². The van der Waals surface area contributed by atoms with E-state index in [0.29, 0.717) is 16.9 Å². The van der Waals surface area contributed by atoms with Gasteiger partial charge in [0.25, 0.3) is 10.0 Å². The Morgan fingerprint density at radius 2 is 2.14 bits per heavy atom. The highest BCUT2D eigenvalue weighted by molar-refractivity contribution is 7.92. The minimum atomic E-state index is -3.80. The first-order valence-corrected chi connectivity index (χ1v) is 7.66. The Morgan fingerprint density at radius 1 is 1.43 bits per heavy atom. The van der Waals surface area contributed by atoms with Gasteiger partial charge in [-0.25, -0.2) is 8.42 Å². The number of hydrogen-bond donors (Lipinski definition) is 2. The third-order valence-electron chi connectivity index (χ3n) is 2.96. The fraction of sp³-hybridized carbons (Fsp3) is 0.308. The minimum absolute atomic E-state index is 0.00505. The number of methoxy groups -OCH3 is 1. The van der Waals surface area contributed by atoms with Gasteiger partial charge in [0.15, 0.2) is 0 Å². The normalized spacial score (nSPS) is 11.4. The number of aryl methyl sites for hydroxylation is 2. The Morgan fingerprint density at radius 3 is 2.67 bits per heavy atom. The molecule has 2 aromatic rings. The van der Waals surface area contributed by atoms with Gasteiger partial charge >= 0.3 is 0 Å². The average molecular weight is 311 g/mol. The van der Waals surface area contributed by atoms with Crippen LogP contribution in [0.2, 0.25) is 0 Å². The number of anilines is 1. The number of rotatable bonds is 5. The number of aliphatic hydroxyl groups is 1. The molecule has 0 aliphatic rings. The SMILES string of the molecule is COc1cc(CO)ccc1S(=O)(=O)Nc1cn(C)nc1C. The van der Waals surface area contributed by atoms with Crippen molar-refractivity contribution in [2.75, 3.05) is 11.8 Å². The van der Waals surface area contributed by atoms with Gasteiger partial charge in [-0.1, -0.05) is 6.07 Å². The van der Waals surface area contributed by atoms with Gasteiger partial charge in [0.1, 0.15) is 10.6 Å². The third-order valence-corrected chi connectivity index (χ3v) is 4.36. The number of nitrogens with one attached hydrogen (secondary N) is 1. The lowest BCUT2D eigenvalue weighted by Crippen LogP contribution is -2.14. The molecule has 21 heavy (non-hydrogen) atoms. The third kappa shape index (κ3) is 3.17. The summed E-state index contributed by atoms with van der Waals surface area (Å²) < 4.78 is 34.0. The first-order valence-electron chi connectivity index (χ1n) is 6.18. The molecule has 2 N–H and O–H groups in total. The first kappa shape index (κ1) is 15.3. The van der Waals surface area contributed by atoms with Crippen LogP contribution in [0.4, 0.5) is 5.69 Å². The van der Waals surface area contributed by atoms with Gasteiger partial charge in [-0.05, 0) is 24.6 Å². The number of benzene rings is 1. The van der Waals surface area contributed by atoms with Crippen LogP contribution in [0.5, 0.6) is 5.75 Å². The topological polar surface area (TPSA) is 93.5 Å². The predicted molar refractivity (Wildman–Crippen MR) is 77.7 cm³/mol. The molecule has 114 valence electrons. The van der Waals surface area contributed by atoms with Gasteiger partial charge in [0, 0.05) is 13.2 Å². The second-order valence-electron chi connectivity index (χ2n) is 4.55. The van der Waals surface area contributed by atoms with Crippen molar-refractivity contribution < 1.29 is 18.3 Å². The number of sulfonamides is 1. The lowest BCUT2D eigenvalue weighted by molar-refractivity contribution is 0.280. The van der Waals surface area contributed by atoms with E-state index in [1.165, 1.54) is 30.0 Å². The maximum Gasteiger partial charge on any atom is 0.265 e. The summed E-state index contributed by atoms with van der Waals surface area (Å²) in [5.74, 6) is 0.176. The summed E-state index contributed by atoms with van der Waals surface area (Å²) in [6.07, 6.45) is 1.58. The van der Waals surface area contributed by atoms with Gasteiger partial charge in [0.05, 0.1) is 25.1 Å². The van der Waals surface area contributed by atoms with Gasteiger partial charge in [0.2, 0.25) is 0 Å². The van der Waals surface area contributed by atoms with E-state index in [0.717, 1.165) is 0 Å². The zero-order valence-corrected chi connectivity index (χ0v) is 12.8. The maximum absolute atomic E-state index is 12.5. The molecular formula is C13H17N3O4S. The Bertz CT molecular complexity index is 753. The van der Waals surface area contributed by atoms with E-state index in [4.69, 9.17) is 9.84 Å². The van der Waals surface area contributed by atoms with E-state index < -0.39 is 10.0 Å². The predicted octanol–water partition coefficient (Wildman–Crippen LogP) is 1.03. The van der Waals surface area contributed by atoms with Crippen molar-refractivity contribution in [1.82, 2.24) is 9.78 Å². The van der Waals surface area contributed by atoms with Crippen molar-refractivity contribution in [1.29, 1.82) is 0 Å². The van der Waals surface area contributed by atoms with Crippen LogP contribution in [-0.4, -0.2) is 30.4 Å². The van der Waals surface area contributed by atoms with Crippen LogP contribution >= 0.6 is 0 Å². The zero-order valence-electron chi connectivity index (χ0n) is 12.0. The van der Waals surface area contributed by atoms with Crippen molar-refractivity contribution >= 4 is 15.7 Å². The number of aliphatic hydroxyl groups excluding tert-OH is 1. The molecule has 0 aliphatic carbocycles. The van der Waals surface area contributed by atoms with Gasteiger partial charge in [-0.15, -0.1) is 0 Å². The van der Waals surface area contributed by atoms with Crippen LogP contribution < -0.4 is 9.46 Å². The molecule has 0 atom stereocenters. The van der Waals surface area contributed by atoms with E-state index in [1.807, 2.05) is 0 Å². The molecule has 0 amide bonds. The van der Waals surface area contributed by atoms with Crippen molar-refractivity contribution in [2.45, 2.75) is 18.4 Å². The number of aromatic nitrogens is 2. The summed E-state index contributed by atoms with van der Waals surface area (Å²) in [7, 11) is -0.711. The number of nitrogens with zero attached hydrogens (tertiary/aromatic N) is 2. The summed E-state index contributed by atoms with van der Waals surface area (Å²) in [6, 6.07) is 4.43. The van der Waals surface area contributed by atoms with Crippen LogP contribution in [0.1, 0.15) is 11.3 Å². The quantitative estimate of drug-likeness (QED) is 0.860. The Kier molecular flexibility index (Phi) is 4.19. The summed E-state index contributed by atoms with van der Waals surface area (Å²) in [5, 5.41) is 13.2. The number of ether oxygens (including phenoxy) is 1. The average Bonchev–Trinajstić information content (AvgIpc) is 2.75. The summed E-state index contributed by atoms with van der Waals surface area (Å²) in [5.41, 5.74) is 1.56. The fourth-order valence-corrected chi connectivity index (χ4v) is 3.19. The summed E-state index contributed by atoms with van der Waals surface area (Å²) in [4.78, 5) is 0.00505. The molecule has 0 unspecified atom stereocenters. The molecular weight excluding hydrogens is 294 g/mol. The van der Waals surface area contributed by atoms with Gasteiger partial charge in [-0.2, -0.15) is 5.10 Å². The van der Waals surface area contributed by atoms with E-state index >= 15 is 0 Å². The smallest absolute Gasteiger partial charge is 0.265 e. The minimum Gasteiger partial charge on any atom is -0.495 e. The highest BCUT2D eigenvalue weighted by atomic mass is 32.2. The van der Waals surface area contributed by atoms with Crippen molar-refractivity contribution in [3.8, 4) is 5.75 Å². The molecule has 0 saturated heterocycles. The van der Waals surface area contributed by atoms with E-state index in [1.54, 1.807) is 20.2 Å². The highest BCUT2D eigenvalue weighted by Gasteiger charge is 2.21. The second kappa shape index (κ2) is 5.74. The second-order valence-corrected chi connectivity index (χ2v) is 6.20. The molecule has 7 nitrogen and oxygen atoms in total. The Hall–Kier alpha value is -2.06. The maximum atomic E-state index is 12.5. The molecule has 0 aliphatic heterocycles. The van der Waals surface area contributed by atoms with Crippen molar-refractivity contribution in [3.63, 3.8) is 0 Å². The molecule has 0 radical (unpaired) electrons. The molecule has 1 aromatic carbocycles. The molecule has 1 heterocycles. The number of hydrogen-bond acceptors (Lipinski definition) is 5. The molecule has 0 fully saturated rings. The molecule has 0 spiro atoms. The Balaban J connectivity index is 2.42. The van der Waals surface area contributed by atoms with Gasteiger partial charge in [-0.3, -0.25) is 9.40 Å². The molecule has 1 aromatic heterocycles. The standard InChI is InChI=1S/C13H17N3O4S/c1-9-11(7-16(2)14-9)15-21(18,19)13-5-4-10(8-17)6-12(13)20-3/h4-7,15,17H,8H2,1-3H3. The van der Waals surface area contributed by atoms with E-state index in [-0.39, 0.29) is 17.3 Å². The largest absolute Gasteiger partial charge is 0.495 e. The zero-order chi connectivity index (χ0) is 15.6. The van der Waals surface area contributed by atoms with Crippen LogP contribution in [0.25, 0.3) is 0 Å². The van der Waals surface area contributed by atoms with Gasteiger partial charge < -0.3 is 9.84 Å². The molecule has 0 bridgehead atoms. The molecule has 2 rings (SSSR count). The van der Waals surface area contributed by atoms with Crippen molar-refractivity contribution in [2.24, 2.45) is 7.05 Å². The highest BCUT2D eigenvalue weighted by Crippen LogP contribution is 2.27. The molecule has 0 saturated carbocycles. The first-order chi connectivity index (χ1) is 9.87. The molecule has 8 heteroatoms. The summed E-state index contributed by atoms with van der Waals surface area (Å²) >= 11 is 0. The lowest BCUT2D eigenvalue weighted by Gasteiger charge is -2.12.